The fourth-order valence-electron chi connectivity index (χ4n) is 1.51. The number of carboxylic acid groups (broad SMARTS) is 1. The number of nitro benzene ring substituents is 1. The molecule has 0 aliphatic carbocycles. The summed E-state index contributed by atoms with van der Waals surface area (Å²) in [5.41, 5.74) is -0.224. The van der Waals surface area contributed by atoms with Crippen LogP contribution in [0, 0.1) is 10.1 Å². The maximum Gasteiger partial charge on any atom is 0.332 e. The summed E-state index contributed by atoms with van der Waals surface area (Å²) in [6.07, 6.45) is -0.925. The van der Waals surface area contributed by atoms with Crippen LogP contribution in [-0.4, -0.2) is 35.3 Å². The molecule has 0 saturated heterocycles. The molecule has 0 aliphatic rings. The van der Waals surface area contributed by atoms with E-state index < -0.39 is 17.0 Å². The summed E-state index contributed by atoms with van der Waals surface area (Å²) in [7, 11) is 0. The second kappa shape index (κ2) is 7.66. The number of nitro groups is 1. The molecule has 20 heavy (non-hydrogen) atoms. The second-order valence-corrected chi connectivity index (χ2v) is 4.22. The Balaban J connectivity index is 2.67. The molecule has 1 aromatic carbocycles. The van der Waals surface area contributed by atoms with Crippen LogP contribution in [0.4, 0.5) is 5.69 Å². The van der Waals surface area contributed by atoms with Crippen molar-refractivity contribution >= 4 is 23.3 Å². The molecule has 0 amide bonds. The zero-order chi connectivity index (χ0) is 15.1. The Morgan fingerprint density at radius 1 is 1.55 bits per heavy atom. The minimum atomic E-state index is -1.10. The summed E-state index contributed by atoms with van der Waals surface area (Å²) in [5.74, 6) is -1.10. The van der Waals surface area contributed by atoms with Gasteiger partial charge in [-0.3, -0.25) is 10.1 Å². The third-order valence-corrected chi connectivity index (χ3v) is 2.63. The van der Waals surface area contributed by atoms with E-state index in [2.05, 4.69) is 0 Å². The van der Waals surface area contributed by atoms with Crippen LogP contribution in [0.2, 0.25) is 5.02 Å². The largest absolute Gasteiger partial charge is 0.487 e. The zero-order valence-corrected chi connectivity index (χ0v) is 11.5. The van der Waals surface area contributed by atoms with Crippen molar-refractivity contribution in [2.75, 3.05) is 13.2 Å². The van der Waals surface area contributed by atoms with E-state index in [1.807, 2.05) is 0 Å². The van der Waals surface area contributed by atoms with E-state index >= 15 is 0 Å². The molecule has 0 spiro atoms. The molecular weight excluding hydrogens is 290 g/mol. The summed E-state index contributed by atoms with van der Waals surface area (Å²) >= 11 is 5.74. The van der Waals surface area contributed by atoms with Gasteiger partial charge in [0.1, 0.15) is 0 Å². The van der Waals surface area contributed by atoms with Crippen molar-refractivity contribution in [1.29, 1.82) is 0 Å². The van der Waals surface area contributed by atoms with Crippen molar-refractivity contribution in [3.63, 3.8) is 0 Å². The van der Waals surface area contributed by atoms with Gasteiger partial charge >= 0.3 is 11.7 Å². The third kappa shape index (κ3) is 4.67. The lowest BCUT2D eigenvalue weighted by atomic mass is 10.2. The predicted octanol–water partition coefficient (Wildman–Crippen LogP) is 2.51. The molecule has 1 atom stereocenters. The Morgan fingerprint density at radius 3 is 2.80 bits per heavy atom. The Hall–Kier alpha value is -1.86. The van der Waals surface area contributed by atoms with Gasteiger partial charge < -0.3 is 14.6 Å². The van der Waals surface area contributed by atoms with Gasteiger partial charge in [-0.05, 0) is 13.0 Å². The van der Waals surface area contributed by atoms with Crippen molar-refractivity contribution in [3.8, 4) is 5.75 Å². The molecule has 0 saturated carbocycles. The minimum absolute atomic E-state index is 0.00290. The lowest BCUT2D eigenvalue weighted by Gasteiger charge is -2.13. The average Bonchev–Trinajstić information content (AvgIpc) is 2.37. The molecule has 0 fully saturated rings. The SMILES string of the molecule is CCOC(CCOc1cc(Cl)ccc1[N+](=O)[O-])C(=O)O. The molecule has 0 aromatic heterocycles. The number of hydrogen-bond donors (Lipinski definition) is 1. The van der Waals surface area contributed by atoms with E-state index in [-0.39, 0.29) is 31.1 Å². The molecular formula is C12H14ClNO6. The van der Waals surface area contributed by atoms with Crippen molar-refractivity contribution in [2.24, 2.45) is 0 Å². The molecule has 0 radical (unpaired) electrons. The molecule has 7 nitrogen and oxygen atoms in total. The van der Waals surface area contributed by atoms with Crippen molar-refractivity contribution in [1.82, 2.24) is 0 Å². The van der Waals surface area contributed by atoms with Crippen LogP contribution in [0.1, 0.15) is 13.3 Å². The Kier molecular flexibility index (Phi) is 6.20. The van der Waals surface area contributed by atoms with Crippen LogP contribution in [0.5, 0.6) is 5.75 Å². The molecule has 0 heterocycles. The molecule has 1 unspecified atom stereocenters. The first-order valence-corrected chi connectivity index (χ1v) is 6.24. The minimum Gasteiger partial charge on any atom is -0.487 e. The fourth-order valence-corrected chi connectivity index (χ4v) is 1.67. The monoisotopic (exact) mass is 303 g/mol. The number of rotatable bonds is 8. The van der Waals surface area contributed by atoms with Gasteiger partial charge in [-0.15, -0.1) is 0 Å². The highest BCUT2D eigenvalue weighted by Gasteiger charge is 2.19. The number of carboxylic acids is 1. The van der Waals surface area contributed by atoms with Crippen molar-refractivity contribution < 1.29 is 24.3 Å². The van der Waals surface area contributed by atoms with Crippen LogP contribution >= 0.6 is 11.6 Å². The maximum atomic E-state index is 10.9. The number of aliphatic carboxylic acids is 1. The van der Waals surface area contributed by atoms with Crippen molar-refractivity contribution in [3.05, 3.63) is 33.3 Å². The Bertz CT molecular complexity index is 493. The van der Waals surface area contributed by atoms with Crippen LogP contribution < -0.4 is 4.74 Å². The zero-order valence-electron chi connectivity index (χ0n) is 10.7. The lowest BCUT2D eigenvalue weighted by Crippen LogP contribution is -2.26. The second-order valence-electron chi connectivity index (χ2n) is 3.79. The molecule has 1 rings (SSSR count). The van der Waals surface area contributed by atoms with Gasteiger partial charge in [-0.1, -0.05) is 11.6 Å². The molecule has 8 heteroatoms. The van der Waals surface area contributed by atoms with Crippen LogP contribution in [0.3, 0.4) is 0 Å². The number of ether oxygens (including phenoxy) is 2. The van der Waals surface area contributed by atoms with Gasteiger partial charge in [0.05, 0.1) is 11.5 Å². The standard InChI is InChI=1S/C12H14ClNO6/c1-2-19-10(12(15)16)5-6-20-11-7-8(13)3-4-9(11)14(17)18/h3-4,7,10H,2,5-6H2,1H3,(H,15,16). The van der Waals surface area contributed by atoms with E-state index in [1.165, 1.54) is 18.2 Å². The van der Waals surface area contributed by atoms with E-state index in [1.54, 1.807) is 6.92 Å². The molecule has 1 aromatic rings. The first-order valence-electron chi connectivity index (χ1n) is 5.86. The maximum absolute atomic E-state index is 10.9. The topological polar surface area (TPSA) is 98.9 Å². The average molecular weight is 304 g/mol. The van der Waals surface area contributed by atoms with Crippen LogP contribution in [0.15, 0.2) is 18.2 Å². The van der Waals surface area contributed by atoms with Crippen LogP contribution in [0.25, 0.3) is 0 Å². The first-order chi connectivity index (χ1) is 9.45. The lowest BCUT2D eigenvalue weighted by molar-refractivity contribution is -0.385. The molecule has 0 aliphatic heterocycles. The van der Waals surface area contributed by atoms with Gasteiger partial charge in [0.15, 0.2) is 11.9 Å². The smallest absolute Gasteiger partial charge is 0.332 e. The number of nitrogens with zero attached hydrogens (tertiary/aromatic N) is 1. The molecule has 1 N–H and O–H groups in total. The molecule has 0 bridgehead atoms. The summed E-state index contributed by atoms with van der Waals surface area (Å²) in [6, 6.07) is 3.93. The predicted molar refractivity (Wildman–Crippen MR) is 71.3 cm³/mol. The highest BCUT2D eigenvalue weighted by Crippen LogP contribution is 2.30. The quantitative estimate of drug-likeness (QED) is 0.585. The summed E-state index contributed by atoms with van der Waals surface area (Å²) in [4.78, 5) is 21.1. The van der Waals surface area contributed by atoms with Gasteiger partial charge in [0.25, 0.3) is 0 Å². The van der Waals surface area contributed by atoms with Crippen molar-refractivity contribution in [2.45, 2.75) is 19.4 Å². The summed E-state index contributed by atoms with van der Waals surface area (Å²) in [5, 5.41) is 20.0. The van der Waals surface area contributed by atoms with E-state index in [0.717, 1.165) is 0 Å². The van der Waals surface area contributed by atoms with Gasteiger partial charge in [0.2, 0.25) is 0 Å². The van der Waals surface area contributed by atoms with E-state index in [4.69, 9.17) is 26.2 Å². The third-order valence-electron chi connectivity index (χ3n) is 2.40. The highest BCUT2D eigenvalue weighted by molar-refractivity contribution is 6.30. The van der Waals surface area contributed by atoms with E-state index in [0.29, 0.717) is 5.02 Å². The number of benzene rings is 1. The fraction of sp³-hybridized carbons (Fsp3) is 0.417. The number of carbonyl (C=O) groups is 1. The number of hydrogen-bond acceptors (Lipinski definition) is 5. The summed E-state index contributed by atoms with van der Waals surface area (Å²) < 4.78 is 10.2. The van der Waals surface area contributed by atoms with Gasteiger partial charge in [-0.25, -0.2) is 4.79 Å². The van der Waals surface area contributed by atoms with Crippen LogP contribution in [-0.2, 0) is 9.53 Å². The Labute approximate surface area is 120 Å². The van der Waals surface area contributed by atoms with E-state index in [9.17, 15) is 14.9 Å². The highest BCUT2D eigenvalue weighted by atomic mass is 35.5. The van der Waals surface area contributed by atoms with Gasteiger partial charge in [0, 0.05) is 30.2 Å². The Morgan fingerprint density at radius 2 is 2.25 bits per heavy atom. The van der Waals surface area contributed by atoms with Gasteiger partial charge in [-0.2, -0.15) is 0 Å². The summed E-state index contributed by atoms with van der Waals surface area (Å²) in [6.45, 7) is 1.91. The first kappa shape index (κ1) is 16.2. The molecule has 110 valence electrons. The number of halogens is 1. The normalized spacial score (nSPS) is 11.9.